The molecule has 4 bridgehead atoms. The summed E-state index contributed by atoms with van der Waals surface area (Å²) in [6.07, 6.45) is -25.0. The van der Waals surface area contributed by atoms with Crippen LogP contribution in [-0.4, -0.2) is 43.5 Å². The van der Waals surface area contributed by atoms with Crippen molar-refractivity contribution in [3.63, 3.8) is 0 Å². The van der Waals surface area contributed by atoms with Crippen molar-refractivity contribution in [2.75, 3.05) is 0 Å². The molecule has 1 aliphatic heterocycles. The number of thioether (sulfide) groups is 1. The van der Waals surface area contributed by atoms with Crippen LogP contribution in [0.25, 0.3) is 0 Å². The van der Waals surface area contributed by atoms with E-state index in [1.54, 1.807) is 0 Å². The van der Waals surface area contributed by atoms with Gasteiger partial charge in [0.2, 0.25) is 0 Å². The molecule has 0 atom stereocenters. The minimum atomic E-state index is -6.44. The van der Waals surface area contributed by atoms with Gasteiger partial charge in [0.25, 0.3) is 8.95 Å². The topological polar surface area (TPSA) is 3.24 Å². The molecule has 5 aliphatic rings. The van der Waals surface area contributed by atoms with Crippen molar-refractivity contribution in [2.45, 2.75) is 77.7 Å². The summed E-state index contributed by atoms with van der Waals surface area (Å²) in [5.41, 5.74) is -2.05. The predicted molar refractivity (Wildman–Crippen MR) is 87.6 cm³/mol. The van der Waals surface area contributed by atoms with Gasteiger partial charge in [0.05, 0.1) is 0 Å². The zero-order valence-electron chi connectivity index (χ0n) is 15.3. The van der Waals surface area contributed by atoms with Crippen molar-refractivity contribution in [3.05, 3.63) is 0 Å². The fourth-order valence-corrected chi connectivity index (χ4v) is 9.42. The van der Waals surface area contributed by atoms with E-state index in [0.717, 1.165) is 0 Å². The normalized spacial score (nSPS) is 38.1. The first kappa shape index (κ1) is 24.0. The molecule has 0 N–H and O–H groups in total. The molecule has 0 amide bonds. The highest BCUT2D eigenvalue weighted by Crippen LogP contribution is 2.78. The molecule has 15 heteroatoms. The third-order valence-corrected chi connectivity index (χ3v) is 10.6. The Bertz CT molecular complexity index is 674. The standard InChI is InChI=1S/C16H15F12NS2/c17-13(18,19)11(14(20,21)22)29(31-12(30-11,15(23,24)25)16(26,27)28)10-4-7-1-8(5-10)3-9(2-7)6-10/h7-9H,1-6H2. The second kappa shape index (κ2) is 6.48. The lowest BCUT2D eigenvalue weighted by Crippen LogP contribution is -2.70. The second-order valence-corrected chi connectivity index (χ2v) is 11.7. The van der Waals surface area contributed by atoms with E-state index in [4.69, 9.17) is 0 Å². The highest BCUT2D eigenvalue weighted by Gasteiger charge is 2.91. The molecule has 0 aromatic rings. The summed E-state index contributed by atoms with van der Waals surface area (Å²) in [5.74, 6) is -0.951. The van der Waals surface area contributed by atoms with Gasteiger partial charge >= 0.3 is 24.7 Å². The van der Waals surface area contributed by atoms with Gasteiger partial charge in [-0.05, 0) is 68.2 Å². The third kappa shape index (κ3) is 3.13. The van der Waals surface area contributed by atoms with Crippen LogP contribution in [0.3, 0.4) is 0 Å². The van der Waals surface area contributed by atoms with E-state index in [1.807, 2.05) is 0 Å². The zero-order chi connectivity index (χ0) is 23.5. The Kier molecular flexibility index (Phi) is 5.01. The Morgan fingerprint density at radius 2 is 0.935 bits per heavy atom. The van der Waals surface area contributed by atoms with E-state index >= 15 is 0 Å². The van der Waals surface area contributed by atoms with Gasteiger partial charge in [-0.3, -0.25) is 0 Å². The van der Waals surface area contributed by atoms with Crippen LogP contribution in [0, 0.1) is 17.8 Å². The Labute approximate surface area is 176 Å². The first-order valence-electron chi connectivity index (χ1n) is 9.24. The molecule has 1 saturated heterocycles. The Balaban J connectivity index is 1.95. The van der Waals surface area contributed by atoms with Crippen LogP contribution in [0.5, 0.6) is 0 Å². The molecule has 180 valence electrons. The average molecular weight is 513 g/mol. The summed E-state index contributed by atoms with van der Waals surface area (Å²) in [6, 6.07) is 0. The van der Waals surface area contributed by atoms with Crippen LogP contribution in [-0.2, 0) is 0 Å². The lowest BCUT2D eigenvalue weighted by Gasteiger charge is -2.61. The fourth-order valence-electron chi connectivity index (χ4n) is 6.09. The summed E-state index contributed by atoms with van der Waals surface area (Å²) >= 11 is -3.49. The molecule has 0 unspecified atom stereocenters. The molecule has 1 nitrogen and oxygen atoms in total. The van der Waals surface area contributed by atoms with Crippen LogP contribution in [0.1, 0.15) is 38.5 Å². The fraction of sp³-hybridized carbons (Fsp3) is 1.00. The average Bonchev–Trinajstić information content (AvgIpc) is 2.92. The van der Waals surface area contributed by atoms with Crippen molar-refractivity contribution in [3.8, 4) is 0 Å². The van der Waals surface area contributed by atoms with Crippen molar-refractivity contribution in [1.29, 1.82) is 0 Å². The smallest absolute Gasteiger partial charge is 0.210 e. The van der Waals surface area contributed by atoms with Crippen LogP contribution < -0.4 is 0 Å². The summed E-state index contributed by atoms with van der Waals surface area (Å²) in [7, 11) is 0. The number of nitrogens with zero attached hydrogens (tertiary/aromatic N) is 1. The molecule has 31 heavy (non-hydrogen) atoms. The van der Waals surface area contributed by atoms with Crippen LogP contribution in [0.2, 0.25) is 0 Å². The van der Waals surface area contributed by atoms with Crippen molar-refractivity contribution >= 4 is 23.7 Å². The molecule has 4 saturated carbocycles. The Morgan fingerprint density at radius 3 is 1.23 bits per heavy atom. The predicted octanol–water partition coefficient (Wildman–Crippen LogP) is 7.29. The molecule has 0 spiro atoms. The molecule has 0 aromatic heterocycles. The lowest BCUT2D eigenvalue weighted by atomic mass is 9.53. The first-order chi connectivity index (χ1) is 13.8. The second-order valence-electron chi connectivity index (χ2n) is 8.88. The maximum atomic E-state index is 14.0. The minimum Gasteiger partial charge on any atom is -0.210 e. The quantitative estimate of drug-likeness (QED) is 0.268. The van der Waals surface area contributed by atoms with E-state index in [-0.39, 0.29) is 37.0 Å². The van der Waals surface area contributed by atoms with E-state index in [0.29, 0.717) is 19.3 Å². The minimum absolute atomic E-state index is 0.284. The van der Waals surface area contributed by atoms with Crippen LogP contribution >= 0.6 is 23.7 Å². The van der Waals surface area contributed by atoms with E-state index in [1.165, 1.54) is 0 Å². The largest absolute Gasteiger partial charge is 0.426 e. The zero-order valence-corrected chi connectivity index (χ0v) is 16.9. The van der Waals surface area contributed by atoms with Crippen LogP contribution in [0.15, 0.2) is 0 Å². The number of rotatable bonds is 1. The van der Waals surface area contributed by atoms with Gasteiger partial charge in [0.1, 0.15) is 0 Å². The van der Waals surface area contributed by atoms with E-state index in [9.17, 15) is 52.7 Å². The highest BCUT2D eigenvalue weighted by atomic mass is 32.2. The summed E-state index contributed by atoms with van der Waals surface area (Å²) in [4.78, 5) is -5.35. The summed E-state index contributed by atoms with van der Waals surface area (Å²) < 4.78 is 160. The monoisotopic (exact) mass is 513 g/mol. The van der Waals surface area contributed by atoms with E-state index in [2.05, 4.69) is 0 Å². The van der Waals surface area contributed by atoms with Crippen molar-refractivity contribution in [2.24, 2.45) is 17.8 Å². The maximum absolute atomic E-state index is 14.0. The van der Waals surface area contributed by atoms with E-state index < -0.39 is 67.2 Å². The van der Waals surface area contributed by atoms with Gasteiger partial charge < -0.3 is 0 Å². The number of hydrogen-bond donors (Lipinski definition) is 0. The maximum Gasteiger partial charge on any atom is 0.426 e. The molecule has 1 heterocycles. The molecule has 0 aromatic carbocycles. The van der Waals surface area contributed by atoms with Gasteiger partial charge in [0.15, 0.2) is 0 Å². The third-order valence-electron chi connectivity index (χ3n) is 6.75. The molecular formula is C16H15F12NS2. The van der Waals surface area contributed by atoms with Crippen LogP contribution in [0.4, 0.5) is 52.7 Å². The van der Waals surface area contributed by atoms with Gasteiger partial charge in [-0.15, -0.1) is 0 Å². The Morgan fingerprint density at radius 1 is 0.581 bits per heavy atom. The SMILES string of the molecule is FC(F)(F)C1(C(F)(F)F)SN(C23CC4CC(CC(C4)C2)C3)C(C(F)(F)F)(C(F)(F)F)S1. The Hall–Kier alpha value is -0.180. The lowest BCUT2D eigenvalue weighted by molar-refractivity contribution is -0.304. The molecular weight excluding hydrogens is 498 g/mol. The number of halogens is 12. The number of hydrogen-bond acceptors (Lipinski definition) is 3. The van der Waals surface area contributed by atoms with Gasteiger partial charge in [-0.25, -0.2) is 4.31 Å². The highest BCUT2D eigenvalue weighted by molar-refractivity contribution is 8.21. The summed E-state index contributed by atoms with van der Waals surface area (Å²) in [6.45, 7) is 0. The molecule has 0 radical (unpaired) electrons. The van der Waals surface area contributed by atoms with Gasteiger partial charge in [-0.1, -0.05) is 11.8 Å². The molecule has 4 aliphatic carbocycles. The van der Waals surface area contributed by atoms with Gasteiger partial charge in [-0.2, -0.15) is 52.7 Å². The van der Waals surface area contributed by atoms with Crippen molar-refractivity contribution in [1.82, 2.24) is 4.31 Å². The van der Waals surface area contributed by atoms with Gasteiger partial charge in [0, 0.05) is 5.54 Å². The summed E-state index contributed by atoms with van der Waals surface area (Å²) in [5, 5.41) is 0. The molecule has 5 rings (SSSR count). The van der Waals surface area contributed by atoms with Crippen molar-refractivity contribution < 1.29 is 52.7 Å². The molecule has 5 fully saturated rings. The first-order valence-corrected chi connectivity index (χ1v) is 10.8. The number of alkyl halides is 12.